The minimum absolute atomic E-state index is 0.287. The van der Waals surface area contributed by atoms with Gasteiger partial charge in [0.1, 0.15) is 5.75 Å². The Kier molecular flexibility index (Phi) is 6.02. The van der Waals surface area contributed by atoms with E-state index in [0.29, 0.717) is 24.8 Å². The van der Waals surface area contributed by atoms with Gasteiger partial charge in [-0.2, -0.15) is 0 Å². The predicted molar refractivity (Wildman–Crippen MR) is 83.0 cm³/mol. The number of sulfonamides is 1. The van der Waals surface area contributed by atoms with Crippen molar-refractivity contribution in [1.82, 2.24) is 10.0 Å². The maximum absolute atomic E-state index is 12.2. The quantitative estimate of drug-likeness (QED) is 0.805. The average Bonchev–Trinajstić information content (AvgIpc) is 2.52. The molecule has 1 aliphatic rings. The number of rotatable bonds is 7. The van der Waals surface area contributed by atoms with Crippen LogP contribution in [0, 0.1) is 5.92 Å². The molecule has 0 radical (unpaired) electrons. The molecule has 1 unspecified atom stereocenters. The first-order chi connectivity index (χ1) is 10.1. The second kappa shape index (κ2) is 7.77. The van der Waals surface area contributed by atoms with E-state index in [9.17, 15) is 8.42 Å². The molecule has 0 aliphatic carbocycles. The third-order valence-corrected chi connectivity index (χ3v) is 5.01. The van der Waals surface area contributed by atoms with Crippen molar-refractivity contribution < 1.29 is 13.2 Å². The van der Waals surface area contributed by atoms with E-state index in [4.69, 9.17) is 4.74 Å². The summed E-state index contributed by atoms with van der Waals surface area (Å²) in [5, 5.41) is 3.29. The minimum Gasteiger partial charge on any atom is -0.494 e. The molecule has 1 aromatic rings. The first-order valence-electron chi connectivity index (χ1n) is 7.55. The summed E-state index contributed by atoms with van der Waals surface area (Å²) in [5.74, 6) is 1.08. The fourth-order valence-electron chi connectivity index (χ4n) is 2.34. The predicted octanol–water partition coefficient (Wildman–Crippen LogP) is 1.75. The summed E-state index contributed by atoms with van der Waals surface area (Å²) in [6.45, 7) is 5.07. The van der Waals surface area contributed by atoms with E-state index in [-0.39, 0.29) is 4.90 Å². The zero-order chi connectivity index (χ0) is 15.1. The molecule has 0 amide bonds. The Bertz CT molecular complexity index is 522. The molecular formula is C15H24N2O3S. The molecule has 5 nitrogen and oxygen atoms in total. The minimum atomic E-state index is -3.43. The lowest BCUT2D eigenvalue weighted by molar-refractivity contribution is 0.317. The molecule has 1 atom stereocenters. The number of hydrogen-bond acceptors (Lipinski definition) is 4. The van der Waals surface area contributed by atoms with E-state index in [0.717, 1.165) is 32.4 Å². The molecule has 2 rings (SSSR count). The lowest BCUT2D eigenvalue weighted by Crippen LogP contribution is -2.38. The fourth-order valence-corrected chi connectivity index (χ4v) is 3.46. The maximum Gasteiger partial charge on any atom is 0.240 e. The molecular weight excluding hydrogens is 288 g/mol. The molecule has 0 saturated carbocycles. The van der Waals surface area contributed by atoms with Crippen molar-refractivity contribution >= 4 is 10.0 Å². The van der Waals surface area contributed by atoms with Crippen molar-refractivity contribution in [2.24, 2.45) is 5.92 Å². The van der Waals surface area contributed by atoms with Crippen LogP contribution in [0.2, 0.25) is 0 Å². The Morgan fingerprint density at radius 2 is 2.10 bits per heavy atom. The Morgan fingerprint density at radius 1 is 1.33 bits per heavy atom. The van der Waals surface area contributed by atoms with Gasteiger partial charge < -0.3 is 10.1 Å². The van der Waals surface area contributed by atoms with Gasteiger partial charge in [0.05, 0.1) is 11.5 Å². The number of nitrogens with one attached hydrogen (secondary N) is 2. The number of piperidine rings is 1. The van der Waals surface area contributed by atoms with Crippen LogP contribution in [0.1, 0.15) is 26.2 Å². The Morgan fingerprint density at radius 3 is 2.71 bits per heavy atom. The van der Waals surface area contributed by atoms with Gasteiger partial charge in [0.15, 0.2) is 0 Å². The SMILES string of the molecule is CCCOc1ccc(S(=O)(=O)NCC2CCCNC2)cc1. The molecule has 1 heterocycles. The second-order valence-corrected chi connectivity index (χ2v) is 7.15. The maximum atomic E-state index is 12.2. The molecule has 1 aliphatic heterocycles. The van der Waals surface area contributed by atoms with Gasteiger partial charge in [-0.1, -0.05) is 6.92 Å². The van der Waals surface area contributed by atoms with Gasteiger partial charge in [-0.25, -0.2) is 13.1 Å². The molecule has 6 heteroatoms. The summed E-state index contributed by atoms with van der Waals surface area (Å²) in [6, 6.07) is 6.58. The van der Waals surface area contributed by atoms with Gasteiger partial charge in [-0.3, -0.25) is 0 Å². The summed E-state index contributed by atoms with van der Waals surface area (Å²) in [4.78, 5) is 0.287. The van der Waals surface area contributed by atoms with E-state index >= 15 is 0 Å². The lowest BCUT2D eigenvalue weighted by atomic mass is 10.0. The number of benzene rings is 1. The highest BCUT2D eigenvalue weighted by atomic mass is 32.2. The number of hydrogen-bond donors (Lipinski definition) is 2. The van der Waals surface area contributed by atoms with Gasteiger partial charge in [0, 0.05) is 6.54 Å². The Labute approximate surface area is 127 Å². The van der Waals surface area contributed by atoms with Crippen molar-refractivity contribution in [2.75, 3.05) is 26.2 Å². The van der Waals surface area contributed by atoms with Crippen molar-refractivity contribution in [1.29, 1.82) is 0 Å². The Balaban J connectivity index is 1.91. The normalized spacial score (nSPS) is 19.4. The molecule has 0 spiro atoms. The lowest BCUT2D eigenvalue weighted by Gasteiger charge is -2.22. The van der Waals surface area contributed by atoms with E-state index in [1.807, 2.05) is 6.92 Å². The highest BCUT2D eigenvalue weighted by Crippen LogP contribution is 2.17. The van der Waals surface area contributed by atoms with Crippen LogP contribution < -0.4 is 14.8 Å². The van der Waals surface area contributed by atoms with E-state index in [1.54, 1.807) is 24.3 Å². The summed E-state index contributed by atoms with van der Waals surface area (Å²) in [5.41, 5.74) is 0. The molecule has 0 bridgehead atoms. The summed E-state index contributed by atoms with van der Waals surface area (Å²) >= 11 is 0. The van der Waals surface area contributed by atoms with Crippen LogP contribution in [0.5, 0.6) is 5.75 Å². The van der Waals surface area contributed by atoms with Crippen LogP contribution in [0.25, 0.3) is 0 Å². The zero-order valence-electron chi connectivity index (χ0n) is 12.5. The van der Waals surface area contributed by atoms with Crippen LogP contribution in [-0.4, -0.2) is 34.7 Å². The summed E-state index contributed by atoms with van der Waals surface area (Å²) in [7, 11) is -3.43. The van der Waals surface area contributed by atoms with Gasteiger partial charge >= 0.3 is 0 Å². The van der Waals surface area contributed by atoms with Gasteiger partial charge in [0.2, 0.25) is 10.0 Å². The van der Waals surface area contributed by atoms with E-state index < -0.39 is 10.0 Å². The van der Waals surface area contributed by atoms with E-state index in [1.165, 1.54) is 0 Å². The molecule has 1 aromatic carbocycles. The molecule has 2 N–H and O–H groups in total. The molecule has 118 valence electrons. The van der Waals surface area contributed by atoms with Gasteiger partial charge in [0.25, 0.3) is 0 Å². The van der Waals surface area contributed by atoms with Crippen LogP contribution in [0.15, 0.2) is 29.2 Å². The molecule has 1 fully saturated rings. The molecule has 1 saturated heterocycles. The van der Waals surface area contributed by atoms with Gasteiger partial charge in [-0.15, -0.1) is 0 Å². The molecule has 21 heavy (non-hydrogen) atoms. The topological polar surface area (TPSA) is 67.4 Å². The smallest absolute Gasteiger partial charge is 0.240 e. The second-order valence-electron chi connectivity index (χ2n) is 5.38. The van der Waals surface area contributed by atoms with Gasteiger partial charge in [-0.05, 0) is 62.5 Å². The summed E-state index contributed by atoms with van der Waals surface area (Å²) < 4.78 is 32.6. The van der Waals surface area contributed by atoms with Crippen molar-refractivity contribution in [3.63, 3.8) is 0 Å². The van der Waals surface area contributed by atoms with E-state index in [2.05, 4.69) is 10.0 Å². The van der Waals surface area contributed by atoms with Crippen molar-refractivity contribution in [3.8, 4) is 5.75 Å². The molecule has 0 aromatic heterocycles. The highest BCUT2D eigenvalue weighted by Gasteiger charge is 2.18. The first kappa shape index (κ1) is 16.3. The Hall–Kier alpha value is -1.11. The van der Waals surface area contributed by atoms with Crippen LogP contribution in [-0.2, 0) is 10.0 Å². The van der Waals surface area contributed by atoms with Crippen LogP contribution >= 0.6 is 0 Å². The monoisotopic (exact) mass is 312 g/mol. The number of ether oxygens (including phenoxy) is 1. The first-order valence-corrected chi connectivity index (χ1v) is 9.03. The summed E-state index contributed by atoms with van der Waals surface area (Å²) in [6.07, 6.45) is 3.10. The fraction of sp³-hybridized carbons (Fsp3) is 0.600. The average molecular weight is 312 g/mol. The van der Waals surface area contributed by atoms with Crippen LogP contribution in [0.3, 0.4) is 0 Å². The highest BCUT2D eigenvalue weighted by molar-refractivity contribution is 7.89. The third-order valence-electron chi connectivity index (χ3n) is 3.57. The van der Waals surface area contributed by atoms with Crippen LogP contribution in [0.4, 0.5) is 0 Å². The standard InChI is InChI=1S/C15H24N2O3S/c1-2-10-20-14-5-7-15(8-6-14)21(18,19)17-12-13-4-3-9-16-11-13/h5-8,13,16-17H,2-4,9-12H2,1H3. The largest absolute Gasteiger partial charge is 0.494 e. The van der Waals surface area contributed by atoms with Crippen molar-refractivity contribution in [3.05, 3.63) is 24.3 Å². The van der Waals surface area contributed by atoms with Crippen molar-refractivity contribution in [2.45, 2.75) is 31.1 Å². The zero-order valence-corrected chi connectivity index (χ0v) is 13.3. The third kappa shape index (κ3) is 4.98.